The number of hydrogen-bond acceptors (Lipinski definition) is 6. The lowest BCUT2D eigenvalue weighted by Gasteiger charge is -2.26. The number of rotatable bonds is 6. The number of carbonyl (C=O) groups excluding carboxylic acids is 1. The van der Waals surface area contributed by atoms with Crippen molar-refractivity contribution in [3.05, 3.63) is 64.3 Å². The number of amides is 1. The van der Waals surface area contributed by atoms with Crippen LogP contribution in [0.3, 0.4) is 0 Å². The molecule has 1 amide bonds. The molecule has 0 atom stereocenters. The van der Waals surface area contributed by atoms with Gasteiger partial charge in [0.15, 0.2) is 0 Å². The summed E-state index contributed by atoms with van der Waals surface area (Å²) in [7, 11) is -3.59. The van der Waals surface area contributed by atoms with E-state index in [9.17, 15) is 26.4 Å². The first kappa shape index (κ1) is 23.9. The van der Waals surface area contributed by atoms with Crippen LogP contribution in [0, 0.1) is 0 Å². The fourth-order valence-corrected chi connectivity index (χ4v) is 5.77. The molecule has 2 fully saturated rings. The zero-order valence-corrected chi connectivity index (χ0v) is 19.5. The van der Waals surface area contributed by atoms with Crippen molar-refractivity contribution in [1.82, 2.24) is 14.6 Å². The summed E-state index contributed by atoms with van der Waals surface area (Å²) in [6.45, 7) is -0.00282. The highest BCUT2D eigenvalue weighted by Gasteiger charge is 2.34. The Hall–Kier alpha value is -2.28. The van der Waals surface area contributed by atoms with E-state index in [2.05, 4.69) is 9.71 Å². The van der Waals surface area contributed by atoms with Crippen LogP contribution in [0.1, 0.15) is 36.1 Å². The van der Waals surface area contributed by atoms with Crippen LogP contribution in [0.5, 0.6) is 0 Å². The largest absolute Gasteiger partial charge is 0.433 e. The first-order valence-corrected chi connectivity index (χ1v) is 12.6. The van der Waals surface area contributed by atoms with E-state index in [0.717, 1.165) is 43.3 Å². The minimum absolute atomic E-state index is 0.00282. The number of hydrogen-bond donors (Lipinski definition) is 1. The Morgan fingerprint density at radius 3 is 2.42 bits per heavy atom. The topological polar surface area (TPSA) is 79.4 Å². The van der Waals surface area contributed by atoms with Crippen molar-refractivity contribution in [2.75, 3.05) is 0 Å². The van der Waals surface area contributed by atoms with Gasteiger partial charge in [-0.15, -0.1) is 0 Å². The molecule has 12 heteroatoms. The molecule has 0 bridgehead atoms. The monoisotopic (exact) mass is 513 g/mol. The van der Waals surface area contributed by atoms with E-state index in [1.54, 1.807) is 18.2 Å². The van der Waals surface area contributed by atoms with Gasteiger partial charge in [-0.2, -0.15) is 13.2 Å². The van der Waals surface area contributed by atoms with Gasteiger partial charge >= 0.3 is 6.18 Å². The maximum absolute atomic E-state index is 12.8. The number of benzene rings is 1. The van der Waals surface area contributed by atoms with Crippen LogP contribution in [-0.4, -0.2) is 34.6 Å². The Balaban J connectivity index is 1.45. The highest BCUT2D eigenvalue weighted by Crippen LogP contribution is 2.34. The van der Waals surface area contributed by atoms with Crippen molar-refractivity contribution in [2.45, 2.75) is 42.9 Å². The highest BCUT2D eigenvalue weighted by atomic mass is 32.2. The number of thioether (sulfide) groups is 1. The highest BCUT2D eigenvalue weighted by molar-refractivity contribution is 8.26. The first-order chi connectivity index (χ1) is 15.5. The lowest BCUT2D eigenvalue weighted by Crippen LogP contribution is -2.39. The van der Waals surface area contributed by atoms with Crippen molar-refractivity contribution < 1.29 is 26.4 Å². The maximum Gasteiger partial charge on any atom is 0.433 e. The molecule has 174 valence electrons. The van der Waals surface area contributed by atoms with E-state index in [1.165, 1.54) is 23.1 Å². The number of pyridine rings is 1. The Morgan fingerprint density at radius 1 is 1.18 bits per heavy atom. The molecule has 0 radical (unpaired) electrons. The molecule has 6 nitrogen and oxygen atoms in total. The lowest BCUT2D eigenvalue weighted by atomic mass is 9.94. The van der Waals surface area contributed by atoms with Gasteiger partial charge in [-0.25, -0.2) is 13.1 Å². The van der Waals surface area contributed by atoms with Crippen molar-refractivity contribution in [3.63, 3.8) is 0 Å². The quantitative estimate of drug-likeness (QED) is 0.458. The van der Waals surface area contributed by atoms with Gasteiger partial charge in [0.1, 0.15) is 10.0 Å². The number of sulfonamides is 1. The summed E-state index contributed by atoms with van der Waals surface area (Å²) in [6.07, 6.45) is 0.816. The molecule has 33 heavy (non-hydrogen) atoms. The van der Waals surface area contributed by atoms with Crippen LogP contribution >= 0.6 is 24.0 Å². The molecule has 2 heterocycles. The lowest BCUT2D eigenvalue weighted by molar-refractivity contribution is -0.141. The minimum Gasteiger partial charge on any atom is -0.288 e. The van der Waals surface area contributed by atoms with Crippen molar-refractivity contribution in [1.29, 1.82) is 0 Å². The van der Waals surface area contributed by atoms with Crippen molar-refractivity contribution in [2.24, 2.45) is 0 Å². The summed E-state index contributed by atoms with van der Waals surface area (Å²) in [6, 6.07) is 8.25. The summed E-state index contributed by atoms with van der Waals surface area (Å²) in [5.74, 6) is -0.381. The van der Waals surface area contributed by atoms with Gasteiger partial charge in [-0.1, -0.05) is 48.6 Å². The Morgan fingerprint density at radius 2 is 1.88 bits per heavy atom. The van der Waals surface area contributed by atoms with Crippen LogP contribution < -0.4 is 4.72 Å². The average Bonchev–Trinajstić information content (AvgIpc) is 2.98. The summed E-state index contributed by atoms with van der Waals surface area (Å²) >= 11 is 6.33. The average molecular weight is 514 g/mol. The first-order valence-electron chi connectivity index (χ1n) is 9.93. The number of thiocarbonyl (C=S) groups is 1. The Kier molecular flexibility index (Phi) is 6.63. The second-order valence-corrected chi connectivity index (χ2v) is 11.0. The molecule has 1 aliphatic carbocycles. The van der Waals surface area contributed by atoms with E-state index in [4.69, 9.17) is 12.2 Å². The molecule has 4 rings (SSSR count). The molecule has 2 aromatic rings. The number of nitrogens with one attached hydrogen (secondary N) is 1. The molecule has 1 N–H and O–H groups in total. The molecular weight excluding hydrogens is 495 g/mol. The van der Waals surface area contributed by atoms with Crippen LogP contribution in [0.25, 0.3) is 6.08 Å². The van der Waals surface area contributed by atoms with Crippen molar-refractivity contribution >= 4 is 50.3 Å². The van der Waals surface area contributed by atoms with Crippen LogP contribution in [0.4, 0.5) is 13.2 Å². The summed E-state index contributed by atoms with van der Waals surface area (Å²) in [5.41, 5.74) is 0.0215. The molecule has 0 unspecified atom stereocenters. The smallest absolute Gasteiger partial charge is 0.288 e. The molecule has 1 saturated carbocycles. The molecule has 1 aromatic carbocycles. The van der Waals surface area contributed by atoms with Crippen LogP contribution in [0.15, 0.2) is 52.4 Å². The fourth-order valence-electron chi connectivity index (χ4n) is 3.21. The predicted molar refractivity (Wildman–Crippen MR) is 122 cm³/mol. The summed E-state index contributed by atoms with van der Waals surface area (Å²) < 4.78 is 65.8. The third kappa shape index (κ3) is 5.45. The number of carbonyl (C=O) groups is 1. The normalized spacial score (nSPS) is 18.8. The minimum atomic E-state index is -4.54. The third-order valence-corrected chi connectivity index (χ3v) is 8.16. The van der Waals surface area contributed by atoms with E-state index >= 15 is 0 Å². The van der Waals surface area contributed by atoms with Crippen molar-refractivity contribution in [3.8, 4) is 0 Å². The Bertz CT molecular complexity index is 1210. The Labute approximate surface area is 198 Å². The number of halogens is 3. The van der Waals surface area contributed by atoms with Gasteiger partial charge in [0.2, 0.25) is 10.0 Å². The van der Waals surface area contributed by atoms with Crippen LogP contribution in [-0.2, 0) is 27.5 Å². The molecule has 1 aromatic heterocycles. The van der Waals surface area contributed by atoms with Gasteiger partial charge in [0, 0.05) is 12.2 Å². The van der Waals surface area contributed by atoms with Crippen LogP contribution in [0.2, 0.25) is 0 Å². The molecule has 2 aliphatic rings. The molecular formula is C21H18F3N3O3S3. The van der Waals surface area contributed by atoms with E-state index < -0.39 is 21.9 Å². The number of aromatic nitrogens is 1. The van der Waals surface area contributed by atoms with Gasteiger partial charge in [-0.05, 0) is 48.2 Å². The summed E-state index contributed by atoms with van der Waals surface area (Å²) in [4.78, 5) is 18.0. The third-order valence-electron chi connectivity index (χ3n) is 5.24. The second-order valence-electron chi connectivity index (χ2n) is 7.64. The summed E-state index contributed by atoms with van der Waals surface area (Å²) in [5, 5.41) is 0. The van der Waals surface area contributed by atoms with E-state index in [1.807, 2.05) is 0 Å². The number of alkyl halides is 3. The second kappa shape index (κ2) is 9.16. The molecule has 1 aliphatic heterocycles. The zero-order valence-electron chi connectivity index (χ0n) is 17.0. The van der Waals surface area contributed by atoms with Gasteiger partial charge in [-0.3, -0.25) is 14.7 Å². The SMILES string of the molecule is O=C1/C(=C/c2ccc(S(=O)(=O)NC3CCC3)cc2)SC(=S)N1Cc1ccc(C(F)(F)F)nc1. The fraction of sp³-hybridized carbons (Fsp3) is 0.286. The van der Waals surface area contributed by atoms with Gasteiger partial charge in [0.05, 0.1) is 16.3 Å². The standard InChI is InChI=1S/C21H18F3N3O3S3/c22-21(23,24)18-9-6-14(11-25-18)12-27-19(28)17(32-20(27)31)10-13-4-7-16(8-5-13)33(29,30)26-15-2-1-3-15/h4-11,15,26H,1-3,12H2/b17-10-. The maximum atomic E-state index is 12.8. The van der Waals surface area contributed by atoms with E-state index in [0.29, 0.717) is 16.0 Å². The molecule has 1 saturated heterocycles. The zero-order chi connectivity index (χ0) is 23.8. The molecule has 0 spiro atoms. The van der Waals surface area contributed by atoms with Gasteiger partial charge in [0.25, 0.3) is 5.91 Å². The number of nitrogens with zero attached hydrogens (tertiary/aromatic N) is 2. The predicted octanol–water partition coefficient (Wildman–Crippen LogP) is 4.33. The van der Waals surface area contributed by atoms with Gasteiger partial charge < -0.3 is 0 Å². The van der Waals surface area contributed by atoms with E-state index in [-0.39, 0.29) is 27.7 Å².